The SMILES string of the molecule is Cc1cc(C)cc(-c2onc(-c3ccccc3)c2CO)c1. The lowest BCUT2D eigenvalue weighted by molar-refractivity contribution is 0.281. The number of hydrogen-bond acceptors (Lipinski definition) is 3. The lowest BCUT2D eigenvalue weighted by Crippen LogP contribution is -1.90. The lowest BCUT2D eigenvalue weighted by atomic mass is 10.0. The second-order valence-corrected chi connectivity index (χ2v) is 5.24. The van der Waals surface area contributed by atoms with Crippen molar-refractivity contribution in [3.05, 3.63) is 65.2 Å². The molecule has 3 heteroatoms. The fourth-order valence-corrected chi connectivity index (χ4v) is 2.61. The first-order valence-electron chi connectivity index (χ1n) is 6.92. The largest absolute Gasteiger partial charge is 0.391 e. The van der Waals surface area contributed by atoms with Crippen LogP contribution in [0.2, 0.25) is 0 Å². The summed E-state index contributed by atoms with van der Waals surface area (Å²) in [6.45, 7) is 3.99. The van der Waals surface area contributed by atoms with Crippen molar-refractivity contribution < 1.29 is 9.63 Å². The van der Waals surface area contributed by atoms with Gasteiger partial charge in [0.05, 0.1) is 12.2 Å². The van der Waals surface area contributed by atoms with Crippen LogP contribution in [-0.2, 0) is 6.61 Å². The zero-order valence-electron chi connectivity index (χ0n) is 12.1. The van der Waals surface area contributed by atoms with Crippen molar-refractivity contribution in [3.8, 4) is 22.6 Å². The highest BCUT2D eigenvalue weighted by Crippen LogP contribution is 2.33. The summed E-state index contributed by atoms with van der Waals surface area (Å²) in [4.78, 5) is 0. The summed E-state index contributed by atoms with van der Waals surface area (Å²) in [5, 5.41) is 13.9. The van der Waals surface area contributed by atoms with Crippen LogP contribution < -0.4 is 0 Å². The molecule has 0 aliphatic heterocycles. The molecule has 21 heavy (non-hydrogen) atoms. The van der Waals surface area contributed by atoms with E-state index < -0.39 is 0 Å². The molecular formula is C18H17NO2. The number of aryl methyl sites for hydroxylation is 2. The van der Waals surface area contributed by atoms with Crippen LogP contribution in [0.4, 0.5) is 0 Å². The minimum atomic E-state index is -0.101. The number of benzene rings is 2. The zero-order valence-corrected chi connectivity index (χ0v) is 12.1. The van der Waals surface area contributed by atoms with Crippen LogP contribution in [0.5, 0.6) is 0 Å². The average molecular weight is 279 g/mol. The van der Waals surface area contributed by atoms with Crippen molar-refractivity contribution in [2.45, 2.75) is 20.5 Å². The molecule has 3 aromatic rings. The summed E-state index contributed by atoms with van der Waals surface area (Å²) >= 11 is 0. The molecule has 0 atom stereocenters. The Hall–Kier alpha value is -2.39. The fraction of sp³-hybridized carbons (Fsp3) is 0.167. The van der Waals surface area contributed by atoms with Gasteiger partial charge >= 0.3 is 0 Å². The third-order valence-electron chi connectivity index (χ3n) is 3.48. The van der Waals surface area contributed by atoms with E-state index in [9.17, 15) is 5.11 Å². The highest BCUT2D eigenvalue weighted by molar-refractivity contribution is 5.73. The molecule has 0 spiro atoms. The topological polar surface area (TPSA) is 46.3 Å². The maximum atomic E-state index is 9.75. The summed E-state index contributed by atoms with van der Waals surface area (Å²) < 4.78 is 5.53. The molecule has 0 bridgehead atoms. The first-order valence-corrected chi connectivity index (χ1v) is 6.92. The van der Waals surface area contributed by atoms with Gasteiger partial charge in [-0.25, -0.2) is 0 Å². The smallest absolute Gasteiger partial charge is 0.173 e. The van der Waals surface area contributed by atoms with Crippen LogP contribution in [0.25, 0.3) is 22.6 Å². The Kier molecular flexibility index (Phi) is 3.59. The highest BCUT2D eigenvalue weighted by Gasteiger charge is 2.18. The van der Waals surface area contributed by atoms with Gasteiger partial charge in [0.1, 0.15) is 5.69 Å². The summed E-state index contributed by atoms with van der Waals surface area (Å²) in [5.74, 6) is 0.642. The second-order valence-electron chi connectivity index (χ2n) is 5.24. The number of hydrogen-bond donors (Lipinski definition) is 1. The summed E-state index contributed by atoms with van der Waals surface area (Å²) in [6, 6.07) is 16.0. The van der Waals surface area contributed by atoms with E-state index in [0.29, 0.717) is 11.5 Å². The molecule has 0 amide bonds. The molecule has 0 fully saturated rings. The van der Waals surface area contributed by atoms with E-state index in [0.717, 1.165) is 27.8 Å². The van der Waals surface area contributed by atoms with E-state index in [1.165, 1.54) is 0 Å². The minimum Gasteiger partial charge on any atom is -0.391 e. The van der Waals surface area contributed by atoms with E-state index in [-0.39, 0.29) is 6.61 Å². The van der Waals surface area contributed by atoms with Crippen molar-refractivity contribution in [1.82, 2.24) is 5.16 Å². The zero-order chi connectivity index (χ0) is 14.8. The van der Waals surface area contributed by atoms with E-state index in [1.54, 1.807) is 0 Å². The van der Waals surface area contributed by atoms with Crippen LogP contribution in [0.15, 0.2) is 53.1 Å². The molecule has 3 nitrogen and oxygen atoms in total. The molecule has 0 unspecified atom stereocenters. The lowest BCUT2D eigenvalue weighted by Gasteiger charge is -2.04. The van der Waals surface area contributed by atoms with Gasteiger partial charge in [-0.05, 0) is 26.0 Å². The first kappa shape index (κ1) is 13.6. The van der Waals surface area contributed by atoms with Gasteiger partial charge in [0, 0.05) is 11.1 Å². The molecule has 1 N–H and O–H groups in total. The third-order valence-corrected chi connectivity index (χ3v) is 3.48. The van der Waals surface area contributed by atoms with Gasteiger partial charge in [0.2, 0.25) is 0 Å². The molecule has 0 radical (unpaired) electrons. The Morgan fingerprint density at radius 1 is 0.952 bits per heavy atom. The quantitative estimate of drug-likeness (QED) is 0.784. The molecule has 106 valence electrons. The molecule has 0 aliphatic carbocycles. The second kappa shape index (κ2) is 5.54. The molecule has 0 saturated heterocycles. The molecule has 1 aromatic heterocycles. The van der Waals surface area contributed by atoms with Gasteiger partial charge in [-0.3, -0.25) is 0 Å². The summed E-state index contributed by atoms with van der Waals surface area (Å²) in [5.41, 5.74) is 5.64. The number of aliphatic hydroxyl groups is 1. The molecule has 1 heterocycles. The normalized spacial score (nSPS) is 10.8. The number of nitrogens with zero attached hydrogens (tertiary/aromatic N) is 1. The van der Waals surface area contributed by atoms with Gasteiger partial charge in [0.15, 0.2) is 5.76 Å². The number of rotatable bonds is 3. The third kappa shape index (κ3) is 2.60. The van der Waals surface area contributed by atoms with E-state index >= 15 is 0 Å². The highest BCUT2D eigenvalue weighted by atomic mass is 16.5. The molecule has 2 aromatic carbocycles. The minimum absolute atomic E-state index is 0.101. The van der Waals surface area contributed by atoms with Crippen LogP contribution in [0.3, 0.4) is 0 Å². The van der Waals surface area contributed by atoms with E-state index in [4.69, 9.17) is 4.52 Å². The Morgan fingerprint density at radius 3 is 2.24 bits per heavy atom. The van der Waals surface area contributed by atoms with Gasteiger partial charge in [-0.1, -0.05) is 52.7 Å². The number of aliphatic hydroxyl groups excluding tert-OH is 1. The Morgan fingerprint density at radius 2 is 1.62 bits per heavy atom. The van der Waals surface area contributed by atoms with Crippen molar-refractivity contribution >= 4 is 0 Å². The van der Waals surface area contributed by atoms with Gasteiger partial charge in [0.25, 0.3) is 0 Å². The van der Waals surface area contributed by atoms with Crippen LogP contribution >= 0.6 is 0 Å². The maximum Gasteiger partial charge on any atom is 0.173 e. The van der Waals surface area contributed by atoms with Gasteiger partial charge in [-0.15, -0.1) is 0 Å². The van der Waals surface area contributed by atoms with E-state index in [1.807, 2.05) is 56.3 Å². The monoisotopic (exact) mass is 279 g/mol. The van der Waals surface area contributed by atoms with Crippen LogP contribution in [0, 0.1) is 13.8 Å². The molecule has 3 rings (SSSR count). The summed E-state index contributed by atoms with van der Waals surface area (Å²) in [7, 11) is 0. The molecule has 0 saturated carbocycles. The Balaban J connectivity index is 2.15. The first-order chi connectivity index (χ1) is 10.2. The van der Waals surface area contributed by atoms with E-state index in [2.05, 4.69) is 11.2 Å². The van der Waals surface area contributed by atoms with Crippen LogP contribution in [0.1, 0.15) is 16.7 Å². The van der Waals surface area contributed by atoms with Crippen molar-refractivity contribution in [3.63, 3.8) is 0 Å². The molecular weight excluding hydrogens is 262 g/mol. The molecule has 0 aliphatic rings. The van der Waals surface area contributed by atoms with Gasteiger partial charge in [-0.2, -0.15) is 0 Å². The average Bonchev–Trinajstić information content (AvgIpc) is 2.91. The predicted molar refractivity (Wildman–Crippen MR) is 82.8 cm³/mol. The standard InChI is InChI=1S/C18H17NO2/c1-12-8-13(2)10-15(9-12)18-16(11-20)17(19-21-18)14-6-4-3-5-7-14/h3-10,20H,11H2,1-2H3. The van der Waals surface area contributed by atoms with Crippen molar-refractivity contribution in [2.75, 3.05) is 0 Å². The predicted octanol–water partition coefficient (Wildman–Crippen LogP) is 4.12. The number of aromatic nitrogens is 1. The van der Waals surface area contributed by atoms with Gasteiger partial charge < -0.3 is 9.63 Å². The Labute approximate surface area is 123 Å². The fourth-order valence-electron chi connectivity index (χ4n) is 2.61. The summed E-state index contributed by atoms with van der Waals surface area (Å²) in [6.07, 6.45) is 0. The van der Waals surface area contributed by atoms with Crippen LogP contribution in [-0.4, -0.2) is 10.3 Å². The Bertz CT molecular complexity index is 740. The van der Waals surface area contributed by atoms with Crippen molar-refractivity contribution in [1.29, 1.82) is 0 Å². The van der Waals surface area contributed by atoms with Crippen molar-refractivity contribution in [2.24, 2.45) is 0 Å². The maximum absolute atomic E-state index is 9.75.